The van der Waals surface area contributed by atoms with E-state index in [4.69, 9.17) is 0 Å². The summed E-state index contributed by atoms with van der Waals surface area (Å²) in [5.74, 6) is 0. The molecule has 1 heterocycles. The number of benzene rings is 4. The van der Waals surface area contributed by atoms with Crippen molar-refractivity contribution in [3.8, 4) is 11.1 Å². The van der Waals surface area contributed by atoms with Crippen LogP contribution in [0.2, 0.25) is 0 Å². The summed E-state index contributed by atoms with van der Waals surface area (Å²) in [6, 6.07) is 31.0. The highest BCUT2D eigenvalue weighted by atomic mass is 32.2. The van der Waals surface area contributed by atoms with E-state index in [1.54, 1.807) is 0 Å². The zero-order valence-corrected chi connectivity index (χ0v) is 17.5. The highest BCUT2D eigenvalue weighted by molar-refractivity contribution is 7.99. The Hall–Kier alpha value is -2.55. The molecular formula is C26H20S2. The Morgan fingerprint density at radius 3 is 2.32 bits per heavy atom. The molecule has 0 aliphatic rings. The highest BCUT2D eigenvalue weighted by Gasteiger charge is 2.11. The molecule has 0 bridgehead atoms. The van der Waals surface area contributed by atoms with E-state index in [9.17, 15) is 0 Å². The zero-order chi connectivity index (χ0) is 19.1. The normalized spacial score (nSPS) is 11.4. The lowest BCUT2D eigenvalue weighted by molar-refractivity contribution is 1.29. The molecule has 28 heavy (non-hydrogen) atoms. The van der Waals surface area contributed by atoms with E-state index in [0.717, 1.165) is 0 Å². The second-order valence-electron chi connectivity index (χ2n) is 7.18. The summed E-state index contributed by atoms with van der Waals surface area (Å²) in [5, 5.41) is 2.71. The summed E-state index contributed by atoms with van der Waals surface area (Å²) in [7, 11) is 0. The Morgan fingerprint density at radius 1 is 0.643 bits per heavy atom. The van der Waals surface area contributed by atoms with Crippen molar-refractivity contribution in [2.24, 2.45) is 0 Å². The first kappa shape index (κ1) is 17.5. The van der Waals surface area contributed by atoms with Gasteiger partial charge in [-0.1, -0.05) is 71.9 Å². The molecule has 5 aromatic rings. The van der Waals surface area contributed by atoms with E-state index in [1.807, 2.05) is 23.1 Å². The first-order chi connectivity index (χ1) is 13.7. The van der Waals surface area contributed by atoms with E-state index < -0.39 is 0 Å². The zero-order valence-electron chi connectivity index (χ0n) is 15.9. The topological polar surface area (TPSA) is 0 Å². The molecule has 0 aliphatic heterocycles. The van der Waals surface area contributed by atoms with Crippen LogP contribution >= 0.6 is 23.1 Å². The van der Waals surface area contributed by atoms with Crippen LogP contribution in [0.1, 0.15) is 11.1 Å². The van der Waals surface area contributed by atoms with Crippen molar-refractivity contribution < 1.29 is 0 Å². The summed E-state index contributed by atoms with van der Waals surface area (Å²) in [6.45, 7) is 4.35. The van der Waals surface area contributed by atoms with Crippen LogP contribution in [0.5, 0.6) is 0 Å². The van der Waals surface area contributed by atoms with Gasteiger partial charge in [0.25, 0.3) is 0 Å². The predicted octanol–water partition coefficient (Wildman–Crippen LogP) is 8.49. The summed E-state index contributed by atoms with van der Waals surface area (Å²) in [5.41, 5.74) is 5.21. The van der Waals surface area contributed by atoms with E-state index in [2.05, 4.69) is 98.8 Å². The molecule has 0 N–H and O–H groups in total. The van der Waals surface area contributed by atoms with E-state index in [0.29, 0.717) is 0 Å². The van der Waals surface area contributed by atoms with Gasteiger partial charge in [0.1, 0.15) is 0 Å². The minimum absolute atomic E-state index is 1.29. The smallest absolute Gasteiger partial charge is 0.0355 e. The lowest BCUT2D eigenvalue weighted by Gasteiger charge is -2.12. The molecule has 0 radical (unpaired) electrons. The summed E-state index contributed by atoms with van der Waals surface area (Å²) >= 11 is 3.73. The minimum atomic E-state index is 1.29. The van der Waals surface area contributed by atoms with Crippen LogP contribution in [0, 0.1) is 13.8 Å². The van der Waals surface area contributed by atoms with Gasteiger partial charge >= 0.3 is 0 Å². The maximum absolute atomic E-state index is 2.37. The van der Waals surface area contributed by atoms with Gasteiger partial charge in [-0.3, -0.25) is 0 Å². The van der Waals surface area contributed by atoms with Crippen LogP contribution in [0.25, 0.3) is 31.3 Å². The van der Waals surface area contributed by atoms with Crippen LogP contribution in [0.4, 0.5) is 0 Å². The van der Waals surface area contributed by atoms with E-state index >= 15 is 0 Å². The molecule has 0 saturated carbocycles. The predicted molar refractivity (Wildman–Crippen MR) is 125 cm³/mol. The molecule has 0 amide bonds. The maximum Gasteiger partial charge on any atom is 0.0355 e. The Kier molecular flexibility index (Phi) is 4.46. The van der Waals surface area contributed by atoms with Crippen LogP contribution < -0.4 is 0 Å². The number of rotatable bonds is 3. The van der Waals surface area contributed by atoms with Crippen LogP contribution in [0.15, 0.2) is 94.7 Å². The Morgan fingerprint density at radius 2 is 1.43 bits per heavy atom. The fourth-order valence-corrected chi connectivity index (χ4v) is 5.76. The quantitative estimate of drug-likeness (QED) is 0.294. The lowest BCUT2D eigenvalue weighted by atomic mass is 10.0. The van der Waals surface area contributed by atoms with Crippen molar-refractivity contribution in [1.82, 2.24) is 0 Å². The molecule has 0 spiro atoms. The second kappa shape index (κ2) is 7.12. The fraction of sp³-hybridized carbons (Fsp3) is 0.0769. The Bertz CT molecular complexity index is 1310. The lowest BCUT2D eigenvalue weighted by Crippen LogP contribution is -1.86. The van der Waals surface area contributed by atoms with Crippen LogP contribution in [0.3, 0.4) is 0 Å². The van der Waals surface area contributed by atoms with Gasteiger partial charge in [-0.25, -0.2) is 0 Å². The number of fused-ring (bicyclic) bond motifs is 3. The van der Waals surface area contributed by atoms with E-state index in [-0.39, 0.29) is 0 Å². The third kappa shape index (κ3) is 3.13. The van der Waals surface area contributed by atoms with Gasteiger partial charge in [0.15, 0.2) is 0 Å². The minimum Gasteiger partial charge on any atom is -0.135 e. The molecular weight excluding hydrogens is 376 g/mol. The van der Waals surface area contributed by atoms with Gasteiger partial charge in [-0.15, -0.1) is 11.3 Å². The number of aryl methyl sites for hydroxylation is 2. The highest BCUT2D eigenvalue weighted by Crippen LogP contribution is 2.41. The first-order valence-electron chi connectivity index (χ1n) is 9.45. The van der Waals surface area contributed by atoms with Gasteiger partial charge in [0, 0.05) is 30.0 Å². The van der Waals surface area contributed by atoms with Crippen molar-refractivity contribution in [3.63, 3.8) is 0 Å². The first-order valence-corrected chi connectivity index (χ1v) is 11.1. The molecule has 0 nitrogen and oxygen atoms in total. The van der Waals surface area contributed by atoms with Crippen molar-refractivity contribution in [2.75, 3.05) is 0 Å². The molecule has 0 aliphatic carbocycles. The summed E-state index contributed by atoms with van der Waals surface area (Å²) < 4.78 is 2.71. The average Bonchev–Trinajstić information content (AvgIpc) is 3.09. The maximum atomic E-state index is 2.37. The molecule has 1 aromatic heterocycles. The van der Waals surface area contributed by atoms with Crippen LogP contribution in [-0.4, -0.2) is 0 Å². The van der Waals surface area contributed by atoms with Gasteiger partial charge < -0.3 is 0 Å². The molecule has 0 atom stereocenters. The fourth-order valence-electron chi connectivity index (χ4n) is 3.64. The Labute approximate surface area is 173 Å². The standard InChI is InChI=1S/C26H20S2/c1-17-11-13-25(27-23-9-5-3-7-18(23)2)21(15-17)19-12-14-26-22(16-19)20-8-4-6-10-24(20)28-26/h3-16H,1-2H3. The van der Waals surface area contributed by atoms with Crippen molar-refractivity contribution >= 4 is 43.3 Å². The molecule has 2 heteroatoms. The molecule has 4 aromatic carbocycles. The van der Waals surface area contributed by atoms with Crippen molar-refractivity contribution in [1.29, 1.82) is 0 Å². The number of hydrogen-bond acceptors (Lipinski definition) is 2. The molecule has 136 valence electrons. The van der Waals surface area contributed by atoms with Crippen molar-refractivity contribution in [2.45, 2.75) is 23.6 Å². The van der Waals surface area contributed by atoms with Crippen molar-refractivity contribution in [3.05, 3.63) is 96.1 Å². The van der Waals surface area contributed by atoms with Gasteiger partial charge in [0.05, 0.1) is 0 Å². The second-order valence-corrected chi connectivity index (χ2v) is 9.34. The molecule has 0 fully saturated rings. The SMILES string of the molecule is Cc1ccc(Sc2ccccc2C)c(-c2ccc3sc4ccccc4c3c2)c1. The number of hydrogen-bond donors (Lipinski definition) is 0. The monoisotopic (exact) mass is 396 g/mol. The third-order valence-corrected chi connectivity index (χ3v) is 7.54. The summed E-state index contributed by atoms with van der Waals surface area (Å²) in [6.07, 6.45) is 0. The largest absolute Gasteiger partial charge is 0.135 e. The van der Waals surface area contributed by atoms with E-state index in [1.165, 1.54) is 52.2 Å². The van der Waals surface area contributed by atoms with Gasteiger partial charge in [0.2, 0.25) is 0 Å². The summed E-state index contributed by atoms with van der Waals surface area (Å²) in [4.78, 5) is 2.62. The molecule has 0 unspecified atom stereocenters. The third-order valence-electron chi connectivity index (χ3n) is 5.14. The molecule has 0 saturated heterocycles. The van der Waals surface area contributed by atoms with Gasteiger partial charge in [-0.05, 0) is 60.9 Å². The Balaban J connectivity index is 1.67. The van der Waals surface area contributed by atoms with Gasteiger partial charge in [-0.2, -0.15) is 0 Å². The average molecular weight is 397 g/mol. The molecule has 5 rings (SSSR count). The van der Waals surface area contributed by atoms with Crippen LogP contribution in [-0.2, 0) is 0 Å². The number of thiophene rings is 1.